The van der Waals surface area contributed by atoms with Crippen LogP contribution < -0.4 is 35.6 Å². The van der Waals surface area contributed by atoms with Gasteiger partial charge in [0.25, 0.3) is 0 Å². The van der Waals surface area contributed by atoms with Crippen molar-refractivity contribution in [1.82, 2.24) is 10.6 Å². The van der Waals surface area contributed by atoms with Crippen molar-refractivity contribution < 1.29 is 33.3 Å². The van der Waals surface area contributed by atoms with Gasteiger partial charge in [0.1, 0.15) is 6.04 Å². The molecule has 0 aliphatic heterocycles. The summed E-state index contributed by atoms with van der Waals surface area (Å²) in [7, 11) is 5.95. The molecule has 3 unspecified atom stereocenters. The van der Waals surface area contributed by atoms with E-state index in [9.17, 15) is 19.2 Å². The lowest BCUT2D eigenvalue weighted by molar-refractivity contribution is -0.140. The molecule has 0 bridgehead atoms. The van der Waals surface area contributed by atoms with Crippen molar-refractivity contribution in [1.29, 1.82) is 0 Å². The number of rotatable bonds is 13. The molecule has 11 nitrogen and oxygen atoms in total. The second-order valence-corrected chi connectivity index (χ2v) is 10.6. The van der Waals surface area contributed by atoms with Gasteiger partial charge in [-0.05, 0) is 60.1 Å². The summed E-state index contributed by atoms with van der Waals surface area (Å²) in [6, 6.07) is 5.75. The summed E-state index contributed by atoms with van der Waals surface area (Å²) in [5.41, 5.74) is 2.90. The average Bonchev–Trinajstić information content (AvgIpc) is 3.24. The summed E-state index contributed by atoms with van der Waals surface area (Å²) in [6.07, 6.45) is 2.44. The third-order valence-corrected chi connectivity index (χ3v) is 7.81. The van der Waals surface area contributed by atoms with E-state index in [1.165, 1.54) is 27.2 Å². The van der Waals surface area contributed by atoms with E-state index in [0.717, 1.165) is 11.1 Å². The summed E-state index contributed by atoms with van der Waals surface area (Å²) >= 11 is 0. The minimum absolute atomic E-state index is 0.104. The number of methoxy groups -OCH3 is 4. The molecule has 2 aromatic rings. The Labute approximate surface area is 252 Å². The van der Waals surface area contributed by atoms with Gasteiger partial charge in [0.05, 0.1) is 40.2 Å². The molecule has 2 aromatic carbocycles. The largest absolute Gasteiger partial charge is 0.493 e. The molecule has 2 amide bonds. The molecule has 0 spiro atoms. The molecule has 1 aliphatic carbocycles. The Morgan fingerprint density at radius 1 is 1.02 bits per heavy atom. The second kappa shape index (κ2) is 15.3. The van der Waals surface area contributed by atoms with Crippen molar-refractivity contribution in [3.05, 3.63) is 45.6 Å². The highest BCUT2D eigenvalue weighted by Crippen LogP contribution is 2.50. The van der Waals surface area contributed by atoms with Gasteiger partial charge in [-0.3, -0.25) is 19.2 Å². The Balaban J connectivity index is 2.12. The third kappa shape index (κ3) is 7.77. The van der Waals surface area contributed by atoms with Crippen molar-refractivity contribution in [3.63, 3.8) is 0 Å². The van der Waals surface area contributed by atoms with Crippen LogP contribution in [0.25, 0.3) is 11.1 Å². The molecule has 11 heteroatoms. The van der Waals surface area contributed by atoms with Gasteiger partial charge in [0, 0.05) is 25.5 Å². The fourth-order valence-electron chi connectivity index (χ4n) is 5.35. The SMILES string of the molecule is CCC(C)C(Nc1ccc2c(cc1=O)C(NC(C)=O)CCc1cc(OC)c(OC)c(OC)c1-2)C(=O)NCCCC(=O)OC. The van der Waals surface area contributed by atoms with Crippen LogP contribution in [0.2, 0.25) is 0 Å². The van der Waals surface area contributed by atoms with E-state index in [-0.39, 0.29) is 41.2 Å². The van der Waals surface area contributed by atoms with Crippen molar-refractivity contribution in [2.45, 2.75) is 65.0 Å². The van der Waals surface area contributed by atoms with Crippen molar-refractivity contribution >= 4 is 23.5 Å². The number of esters is 1. The molecular formula is C32H43N3O8. The maximum atomic E-state index is 13.7. The summed E-state index contributed by atoms with van der Waals surface area (Å²) in [5, 5.41) is 9.05. The topological polar surface area (TPSA) is 141 Å². The molecule has 43 heavy (non-hydrogen) atoms. The normalized spacial score (nSPS) is 15.0. The number of anilines is 1. The highest BCUT2D eigenvalue weighted by atomic mass is 16.5. The van der Waals surface area contributed by atoms with Crippen LogP contribution in [0.1, 0.15) is 63.6 Å². The minimum atomic E-state index is -0.699. The molecule has 3 N–H and O–H groups in total. The lowest BCUT2D eigenvalue weighted by Gasteiger charge is -2.24. The first-order valence-electron chi connectivity index (χ1n) is 14.5. The lowest BCUT2D eigenvalue weighted by atomic mass is 9.95. The number of hydrogen-bond acceptors (Lipinski definition) is 9. The van der Waals surface area contributed by atoms with Crippen molar-refractivity contribution in [3.8, 4) is 28.4 Å². The smallest absolute Gasteiger partial charge is 0.305 e. The number of carbonyl (C=O) groups is 3. The maximum absolute atomic E-state index is 13.7. The van der Waals surface area contributed by atoms with E-state index in [1.54, 1.807) is 20.3 Å². The molecule has 0 radical (unpaired) electrons. The van der Waals surface area contributed by atoms with Gasteiger partial charge in [-0.2, -0.15) is 0 Å². The Kier molecular flexibility index (Phi) is 11.8. The molecule has 3 atom stereocenters. The van der Waals surface area contributed by atoms with Gasteiger partial charge < -0.3 is 34.9 Å². The van der Waals surface area contributed by atoms with E-state index >= 15 is 0 Å². The zero-order valence-corrected chi connectivity index (χ0v) is 26.1. The molecule has 0 fully saturated rings. The van der Waals surface area contributed by atoms with Gasteiger partial charge >= 0.3 is 5.97 Å². The van der Waals surface area contributed by atoms with Crippen LogP contribution in [0.4, 0.5) is 5.69 Å². The van der Waals surface area contributed by atoms with E-state index in [2.05, 4.69) is 20.7 Å². The molecule has 0 saturated carbocycles. The third-order valence-electron chi connectivity index (χ3n) is 7.81. The first kappa shape index (κ1) is 33.2. The minimum Gasteiger partial charge on any atom is -0.493 e. The zero-order valence-electron chi connectivity index (χ0n) is 26.1. The van der Waals surface area contributed by atoms with Gasteiger partial charge in [-0.15, -0.1) is 0 Å². The number of fused-ring (bicyclic) bond motifs is 3. The average molecular weight is 598 g/mol. The molecule has 234 valence electrons. The van der Waals surface area contributed by atoms with Gasteiger partial charge in [0.2, 0.25) is 23.0 Å². The first-order valence-corrected chi connectivity index (χ1v) is 14.5. The van der Waals surface area contributed by atoms with Crippen LogP contribution >= 0.6 is 0 Å². The highest BCUT2D eigenvalue weighted by molar-refractivity contribution is 5.86. The number of benzene rings is 1. The lowest BCUT2D eigenvalue weighted by Crippen LogP contribution is -2.44. The summed E-state index contributed by atoms with van der Waals surface area (Å²) < 4.78 is 21.7. The van der Waals surface area contributed by atoms with E-state index in [4.69, 9.17) is 14.2 Å². The number of amides is 2. The molecule has 0 heterocycles. The Bertz CT molecular complexity index is 1390. The first-order chi connectivity index (χ1) is 20.6. The number of carbonyl (C=O) groups excluding carboxylic acids is 3. The number of nitrogens with one attached hydrogen (secondary N) is 3. The van der Waals surface area contributed by atoms with E-state index < -0.39 is 12.1 Å². The summed E-state index contributed by atoms with van der Waals surface area (Å²) in [4.78, 5) is 50.6. The molecular weight excluding hydrogens is 554 g/mol. The molecule has 0 aromatic heterocycles. The standard InChI is InChI=1S/C32H43N3O8/c1-8-18(2)29(32(39)33-15-9-10-27(38)41-5)35-24-14-12-21-22(17-25(24)37)23(34-19(3)36)13-11-20-16-26(40-4)30(42-6)31(43-7)28(20)21/h12,14,16-18,23,29H,8-11,13,15H2,1-7H3,(H,33,39)(H,34,36)(H,35,37). The quantitative estimate of drug-likeness (QED) is 0.232. The van der Waals surface area contributed by atoms with Gasteiger partial charge in [0.15, 0.2) is 11.5 Å². The van der Waals surface area contributed by atoms with Crippen LogP contribution in [-0.2, 0) is 25.5 Å². The van der Waals surface area contributed by atoms with Gasteiger partial charge in [-0.1, -0.05) is 26.3 Å². The van der Waals surface area contributed by atoms with Crippen LogP contribution in [-0.4, -0.2) is 58.8 Å². The predicted octanol–water partition coefficient (Wildman–Crippen LogP) is 3.76. The molecule has 0 saturated heterocycles. The summed E-state index contributed by atoms with van der Waals surface area (Å²) in [5.74, 6) is 0.449. The van der Waals surface area contributed by atoms with E-state index in [1.807, 2.05) is 26.0 Å². The predicted molar refractivity (Wildman–Crippen MR) is 164 cm³/mol. The molecule has 1 aliphatic rings. The number of ether oxygens (including phenoxy) is 4. The monoisotopic (exact) mass is 597 g/mol. The fraction of sp³-hybridized carbons (Fsp3) is 0.500. The number of hydrogen-bond donors (Lipinski definition) is 3. The Morgan fingerprint density at radius 2 is 1.74 bits per heavy atom. The summed E-state index contributed by atoms with van der Waals surface area (Å²) in [6.45, 7) is 5.64. The van der Waals surface area contributed by atoms with Crippen molar-refractivity contribution in [2.75, 3.05) is 40.3 Å². The van der Waals surface area contributed by atoms with Crippen LogP contribution in [0.5, 0.6) is 17.2 Å². The van der Waals surface area contributed by atoms with Crippen LogP contribution in [0.3, 0.4) is 0 Å². The highest BCUT2D eigenvalue weighted by Gasteiger charge is 2.30. The zero-order chi connectivity index (χ0) is 31.7. The van der Waals surface area contributed by atoms with Crippen LogP contribution in [0.15, 0.2) is 29.1 Å². The Hall–Kier alpha value is -4.28. The number of aryl methyl sites for hydroxylation is 1. The second-order valence-electron chi connectivity index (χ2n) is 10.6. The van der Waals surface area contributed by atoms with E-state index in [0.29, 0.717) is 60.6 Å². The van der Waals surface area contributed by atoms with Gasteiger partial charge in [-0.25, -0.2) is 0 Å². The van der Waals surface area contributed by atoms with Crippen LogP contribution in [0, 0.1) is 5.92 Å². The maximum Gasteiger partial charge on any atom is 0.305 e. The molecule has 3 rings (SSSR count). The Morgan fingerprint density at radius 3 is 2.35 bits per heavy atom. The van der Waals surface area contributed by atoms with Crippen molar-refractivity contribution in [2.24, 2.45) is 5.92 Å². The fourth-order valence-corrected chi connectivity index (χ4v) is 5.35.